The summed E-state index contributed by atoms with van der Waals surface area (Å²) in [7, 11) is -1.66. The van der Waals surface area contributed by atoms with Crippen molar-refractivity contribution < 1.29 is 8.78 Å². The molecule has 2 aromatic carbocycles. The Labute approximate surface area is 117 Å². The number of rotatable bonds is 3. The fourth-order valence-electron chi connectivity index (χ4n) is 1.37. The number of benzene rings is 2. The van der Waals surface area contributed by atoms with Crippen LogP contribution in [0.5, 0.6) is 0 Å². The molecule has 0 bridgehead atoms. The standard InChI is InChI=1S/C12H10.C3H9O2PSi/c1-3-7-11(8-4-1)12-9-5-2-6-10-12;1-7(2,3)5-6-4/h1-10H;1-3H3. The maximum atomic E-state index is 9.73. The van der Waals surface area contributed by atoms with Crippen molar-refractivity contribution in [2.24, 2.45) is 0 Å². The van der Waals surface area contributed by atoms with Gasteiger partial charge in [0, 0.05) is 0 Å². The van der Waals surface area contributed by atoms with Gasteiger partial charge in [0.1, 0.15) is 0 Å². The second kappa shape index (κ2) is 8.00. The van der Waals surface area contributed by atoms with Crippen LogP contribution in [-0.4, -0.2) is 8.32 Å². The molecule has 2 aromatic rings. The van der Waals surface area contributed by atoms with Crippen molar-refractivity contribution in [2.75, 3.05) is 0 Å². The van der Waals surface area contributed by atoms with E-state index in [0.717, 1.165) is 0 Å². The minimum Gasteiger partial charge on any atom is -0.338 e. The molecule has 0 aliphatic carbocycles. The van der Waals surface area contributed by atoms with Crippen molar-refractivity contribution >= 4 is 17.0 Å². The summed E-state index contributed by atoms with van der Waals surface area (Å²) in [6.45, 7) is 5.95. The van der Waals surface area contributed by atoms with Crippen LogP contribution in [0, 0.1) is 0 Å². The smallest absolute Gasteiger partial charge is 0.316 e. The summed E-state index contributed by atoms with van der Waals surface area (Å²) in [5.74, 6) is 0. The van der Waals surface area contributed by atoms with Gasteiger partial charge in [0.25, 0.3) is 0 Å². The van der Waals surface area contributed by atoms with Crippen LogP contribution in [0.25, 0.3) is 11.1 Å². The van der Waals surface area contributed by atoms with E-state index in [9.17, 15) is 4.57 Å². The van der Waals surface area contributed by atoms with Crippen LogP contribution in [0.2, 0.25) is 19.6 Å². The monoisotopic (exact) mass is 290 g/mol. The summed E-state index contributed by atoms with van der Waals surface area (Å²) in [6.07, 6.45) is 0. The Morgan fingerprint density at radius 1 is 0.789 bits per heavy atom. The average molecular weight is 290 g/mol. The maximum Gasteiger partial charge on any atom is 0.316 e. The second-order valence-electron chi connectivity index (χ2n) is 5.01. The van der Waals surface area contributed by atoms with E-state index in [-0.39, 0.29) is 8.69 Å². The predicted molar refractivity (Wildman–Crippen MR) is 83.9 cm³/mol. The van der Waals surface area contributed by atoms with E-state index in [2.05, 4.69) is 48.5 Å². The van der Waals surface area contributed by atoms with Crippen LogP contribution in [0.4, 0.5) is 0 Å². The molecule has 0 heterocycles. The molecule has 0 amide bonds. The fourth-order valence-corrected chi connectivity index (χ4v) is 2.27. The first-order valence-corrected chi connectivity index (χ1v) is 10.3. The highest BCUT2D eigenvalue weighted by Gasteiger charge is 2.13. The molecule has 0 radical (unpaired) electrons. The molecular weight excluding hydrogens is 271 g/mol. The first-order valence-electron chi connectivity index (χ1n) is 6.14. The number of hydrogen-bond acceptors (Lipinski definition) is 2. The van der Waals surface area contributed by atoms with E-state index >= 15 is 0 Å². The Kier molecular flexibility index (Phi) is 6.64. The van der Waals surface area contributed by atoms with Crippen LogP contribution in [0.1, 0.15) is 0 Å². The Balaban J connectivity index is 0.000000224. The minimum absolute atomic E-state index is 0.179. The van der Waals surface area contributed by atoms with Crippen molar-refractivity contribution in [3.63, 3.8) is 0 Å². The molecule has 0 aromatic heterocycles. The van der Waals surface area contributed by atoms with Crippen LogP contribution in [-0.2, 0) is 8.78 Å². The van der Waals surface area contributed by atoms with Crippen LogP contribution >= 0.6 is 8.69 Å². The van der Waals surface area contributed by atoms with Gasteiger partial charge < -0.3 is 4.21 Å². The lowest BCUT2D eigenvalue weighted by molar-refractivity contribution is 0.525. The Morgan fingerprint density at radius 3 is 1.37 bits per heavy atom. The quantitative estimate of drug-likeness (QED) is 0.559. The van der Waals surface area contributed by atoms with Crippen molar-refractivity contribution in [3.05, 3.63) is 60.7 Å². The lowest BCUT2D eigenvalue weighted by Crippen LogP contribution is -2.19. The largest absolute Gasteiger partial charge is 0.338 e. The van der Waals surface area contributed by atoms with E-state index < -0.39 is 8.32 Å². The molecule has 0 unspecified atom stereocenters. The minimum atomic E-state index is -1.48. The van der Waals surface area contributed by atoms with E-state index in [1.54, 1.807) is 0 Å². The molecule has 0 fully saturated rings. The molecule has 0 N–H and O–H groups in total. The molecule has 0 aliphatic heterocycles. The predicted octanol–water partition coefficient (Wildman–Crippen LogP) is 5.40. The van der Waals surface area contributed by atoms with E-state index in [1.165, 1.54) is 11.1 Å². The lowest BCUT2D eigenvalue weighted by atomic mass is 10.1. The molecule has 0 aliphatic rings. The Hall–Kier alpha value is -1.28. The molecule has 0 spiro atoms. The SMILES string of the molecule is C[Si](C)(C)OP=O.c1ccc(-c2ccccc2)cc1. The van der Waals surface area contributed by atoms with Gasteiger partial charge in [-0.15, -0.1) is 0 Å². The first-order chi connectivity index (χ1) is 9.03. The fraction of sp³-hybridized carbons (Fsp3) is 0.200. The molecule has 0 atom stereocenters. The van der Waals surface area contributed by atoms with Crippen molar-refractivity contribution in [1.29, 1.82) is 0 Å². The van der Waals surface area contributed by atoms with Gasteiger partial charge in [0.05, 0.1) is 0 Å². The molecule has 0 saturated carbocycles. The molecule has 100 valence electrons. The highest BCUT2D eigenvalue weighted by Crippen LogP contribution is 2.17. The normalized spacial score (nSPS) is 10.7. The molecular formula is C15H19O2PSi. The topological polar surface area (TPSA) is 26.3 Å². The molecule has 2 rings (SSSR count). The third-order valence-corrected chi connectivity index (χ3v) is 4.68. The van der Waals surface area contributed by atoms with E-state index in [1.807, 2.05) is 31.8 Å². The number of hydrogen-bond donors (Lipinski definition) is 0. The van der Waals surface area contributed by atoms with Gasteiger partial charge in [-0.1, -0.05) is 60.7 Å². The Morgan fingerprint density at radius 2 is 1.16 bits per heavy atom. The van der Waals surface area contributed by atoms with Gasteiger partial charge in [-0.2, -0.15) is 0 Å². The summed E-state index contributed by atoms with van der Waals surface area (Å²) >= 11 is 0. The third kappa shape index (κ3) is 7.02. The second-order valence-corrected chi connectivity index (χ2v) is 10.1. The highest BCUT2D eigenvalue weighted by molar-refractivity contribution is 7.20. The molecule has 4 heteroatoms. The summed E-state index contributed by atoms with van der Waals surface area (Å²) in [4.78, 5) is 0. The lowest BCUT2D eigenvalue weighted by Gasteiger charge is -2.07. The van der Waals surface area contributed by atoms with Crippen molar-refractivity contribution in [1.82, 2.24) is 0 Å². The van der Waals surface area contributed by atoms with Crippen LogP contribution < -0.4 is 0 Å². The van der Waals surface area contributed by atoms with Gasteiger partial charge in [0.15, 0.2) is 0 Å². The van der Waals surface area contributed by atoms with Gasteiger partial charge >= 0.3 is 8.69 Å². The van der Waals surface area contributed by atoms with Crippen LogP contribution in [0.3, 0.4) is 0 Å². The highest BCUT2D eigenvalue weighted by atomic mass is 31.1. The summed E-state index contributed by atoms with van der Waals surface area (Å²) in [5.41, 5.74) is 2.55. The van der Waals surface area contributed by atoms with Crippen molar-refractivity contribution in [2.45, 2.75) is 19.6 Å². The zero-order valence-corrected chi connectivity index (χ0v) is 13.4. The Bertz CT molecular complexity index is 443. The van der Waals surface area contributed by atoms with E-state index in [0.29, 0.717) is 0 Å². The zero-order valence-electron chi connectivity index (χ0n) is 11.5. The van der Waals surface area contributed by atoms with Gasteiger partial charge in [-0.25, -0.2) is 4.57 Å². The molecule has 2 nitrogen and oxygen atoms in total. The van der Waals surface area contributed by atoms with Gasteiger partial charge in [0.2, 0.25) is 8.32 Å². The maximum absolute atomic E-state index is 9.73. The van der Waals surface area contributed by atoms with E-state index in [4.69, 9.17) is 4.21 Å². The summed E-state index contributed by atoms with van der Waals surface area (Å²) < 4.78 is 14.5. The van der Waals surface area contributed by atoms with Gasteiger partial charge in [-0.3, -0.25) is 0 Å². The average Bonchev–Trinajstić information content (AvgIpc) is 2.40. The zero-order chi connectivity index (χ0) is 14.1. The third-order valence-electron chi connectivity index (χ3n) is 2.19. The summed E-state index contributed by atoms with van der Waals surface area (Å²) in [6, 6.07) is 20.8. The van der Waals surface area contributed by atoms with Gasteiger partial charge in [-0.05, 0) is 30.8 Å². The van der Waals surface area contributed by atoms with Crippen molar-refractivity contribution in [3.8, 4) is 11.1 Å². The molecule has 0 saturated heterocycles. The van der Waals surface area contributed by atoms with Crippen LogP contribution in [0.15, 0.2) is 60.7 Å². The molecule has 19 heavy (non-hydrogen) atoms. The summed E-state index contributed by atoms with van der Waals surface area (Å²) in [5, 5.41) is 0. The first kappa shape index (κ1) is 15.8.